The van der Waals surface area contributed by atoms with Crippen molar-refractivity contribution in [1.82, 2.24) is 14.5 Å². The first-order valence-corrected chi connectivity index (χ1v) is 6.10. The molecular formula is C12H19N5O2. The molecule has 0 aromatic carbocycles. The van der Waals surface area contributed by atoms with Gasteiger partial charge in [-0.1, -0.05) is 0 Å². The van der Waals surface area contributed by atoms with Gasteiger partial charge in [-0.25, -0.2) is 4.98 Å². The van der Waals surface area contributed by atoms with E-state index in [0.717, 1.165) is 0 Å². The van der Waals surface area contributed by atoms with Crippen LogP contribution in [0.15, 0.2) is 12.5 Å². The van der Waals surface area contributed by atoms with Gasteiger partial charge in [0.15, 0.2) is 0 Å². The highest BCUT2D eigenvalue weighted by Crippen LogP contribution is 2.03. The Morgan fingerprint density at radius 2 is 2.42 bits per heavy atom. The molecule has 0 saturated heterocycles. The molecule has 1 heterocycles. The van der Waals surface area contributed by atoms with Crippen molar-refractivity contribution in [2.45, 2.75) is 13.0 Å². The normalized spacial score (nSPS) is 10.2. The van der Waals surface area contributed by atoms with Gasteiger partial charge in [-0.15, -0.1) is 0 Å². The van der Waals surface area contributed by atoms with E-state index in [9.17, 15) is 4.79 Å². The molecule has 0 radical (unpaired) electrons. The van der Waals surface area contributed by atoms with E-state index in [0.29, 0.717) is 44.9 Å². The Bertz CT molecular complexity index is 438. The van der Waals surface area contributed by atoms with Gasteiger partial charge in [0, 0.05) is 39.5 Å². The summed E-state index contributed by atoms with van der Waals surface area (Å²) in [5, 5.41) is 8.61. The lowest BCUT2D eigenvalue weighted by molar-refractivity contribution is 0.0694. The van der Waals surface area contributed by atoms with Crippen LogP contribution < -0.4 is 5.73 Å². The number of nitrogens with two attached hydrogens (primary N) is 1. The summed E-state index contributed by atoms with van der Waals surface area (Å²) >= 11 is 0. The average molecular weight is 265 g/mol. The van der Waals surface area contributed by atoms with Gasteiger partial charge in [0.2, 0.25) is 0 Å². The average Bonchev–Trinajstić information content (AvgIpc) is 2.87. The lowest BCUT2D eigenvalue weighted by Gasteiger charge is -2.19. The van der Waals surface area contributed by atoms with E-state index in [4.69, 9.17) is 15.7 Å². The number of rotatable bonds is 8. The Labute approximate surface area is 112 Å². The number of ether oxygens (including phenoxy) is 1. The van der Waals surface area contributed by atoms with Crippen LogP contribution in [0.4, 0.5) is 0 Å². The van der Waals surface area contributed by atoms with Crippen LogP contribution in [0.2, 0.25) is 0 Å². The van der Waals surface area contributed by atoms with Crippen molar-refractivity contribution in [3.63, 3.8) is 0 Å². The van der Waals surface area contributed by atoms with E-state index >= 15 is 0 Å². The molecule has 1 amide bonds. The minimum atomic E-state index is -0.192. The van der Waals surface area contributed by atoms with Crippen LogP contribution in [0, 0.1) is 11.3 Å². The molecule has 0 fully saturated rings. The summed E-state index contributed by atoms with van der Waals surface area (Å²) in [5.74, 6) is -0.192. The second-order valence-corrected chi connectivity index (χ2v) is 3.98. The van der Waals surface area contributed by atoms with Gasteiger partial charge in [0.05, 0.1) is 25.4 Å². The smallest absolute Gasteiger partial charge is 0.274 e. The summed E-state index contributed by atoms with van der Waals surface area (Å²) in [6.07, 6.45) is 3.54. The molecule has 104 valence electrons. The molecule has 1 aromatic heterocycles. The lowest BCUT2D eigenvalue weighted by Crippen LogP contribution is -2.35. The second kappa shape index (κ2) is 8.24. The van der Waals surface area contributed by atoms with Crippen molar-refractivity contribution in [2.24, 2.45) is 5.73 Å². The maximum atomic E-state index is 12.2. The summed E-state index contributed by atoms with van der Waals surface area (Å²) in [7, 11) is 1.57. The quantitative estimate of drug-likeness (QED) is 0.704. The Kier molecular flexibility index (Phi) is 6.57. The third-order valence-corrected chi connectivity index (χ3v) is 2.59. The summed E-state index contributed by atoms with van der Waals surface area (Å²) in [6.45, 7) is 2.37. The van der Waals surface area contributed by atoms with Crippen LogP contribution in [0.25, 0.3) is 0 Å². The van der Waals surface area contributed by atoms with Gasteiger partial charge in [-0.2, -0.15) is 5.26 Å². The molecule has 0 atom stereocenters. The highest BCUT2D eigenvalue weighted by atomic mass is 16.5. The van der Waals surface area contributed by atoms with Crippen LogP contribution in [0.1, 0.15) is 16.9 Å². The van der Waals surface area contributed by atoms with Crippen molar-refractivity contribution < 1.29 is 9.53 Å². The van der Waals surface area contributed by atoms with E-state index in [2.05, 4.69) is 4.98 Å². The molecule has 0 aliphatic carbocycles. The number of imidazole rings is 1. The largest absolute Gasteiger partial charge is 0.383 e. The lowest BCUT2D eigenvalue weighted by atomic mass is 10.3. The molecule has 7 heteroatoms. The minimum absolute atomic E-state index is 0.192. The van der Waals surface area contributed by atoms with Crippen molar-refractivity contribution in [3.8, 4) is 6.07 Å². The van der Waals surface area contributed by atoms with Gasteiger partial charge >= 0.3 is 0 Å². The first-order valence-electron chi connectivity index (χ1n) is 6.10. The van der Waals surface area contributed by atoms with Gasteiger partial charge < -0.3 is 19.9 Å². The number of nitriles is 1. The molecule has 1 aromatic rings. The molecule has 0 spiro atoms. The first kappa shape index (κ1) is 15.1. The van der Waals surface area contributed by atoms with E-state index < -0.39 is 0 Å². The number of carbonyl (C=O) groups excluding carboxylic acids is 1. The predicted octanol–water partition coefficient (Wildman–Crippen LogP) is -0.156. The fourth-order valence-corrected chi connectivity index (χ4v) is 1.61. The molecule has 0 saturated carbocycles. The van der Waals surface area contributed by atoms with Crippen LogP contribution >= 0.6 is 0 Å². The molecule has 0 aliphatic rings. The Morgan fingerprint density at radius 1 is 1.63 bits per heavy atom. The monoisotopic (exact) mass is 265 g/mol. The molecular weight excluding hydrogens is 246 g/mol. The Balaban J connectivity index is 2.70. The van der Waals surface area contributed by atoms with Crippen LogP contribution in [0.3, 0.4) is 0 Å². The number of aromatic nitrogens is 2. The third-order valence-electron chi connectivity index (χ3n) is 2.59. The number of amides is 1. The van der Waals surface area contributed by atoms with E-state index in [1.807, 2.05) is 6.07 Å². The van der Waals surface area contributed by atoms with Crippen LogP contribution in [-0.4, -0.2) is 53.7 Å². The molecule has 1 rings (SSSR count). The van der Waals surface area contributed by atoms with Crippen molar-refractivity contribution >= 4 is 5.91 Å². The maximum absolute atomic E-state index is 12.2. The SMILES string of the molecule is COCCN(CCC#N)C(=O)c1cn(CCN)cn1. The van der Waals surface area contributed by atoms with Gasteiger partial charge in [0.1, 0.15) is 5.69 Å². The Morgan fingerprint density at radius 3 is 3.05 bits per heavy atom. The number of nitrogens with zero attached hydrogens (tertiary/aromatic N) is 4. The van der Waals surface area contributed by atoms with E-state index in [-0.39, 0.29) is 5.91 Å². The summed E-state index contributed by atoms with van der Waals surface area (Å²) in [6, 6.07) is 2.03. The summed E-state index contributed by atoms with van der Waals surface area (Å²) in [4.78, 5) is 17.9. The Hall–Kier alpha value is -1.91. The van der Waals surface area contributed by atoms with Crippen molar-refractivity contribution in [1.29, 1.82) is 5.26 Å². The molecule has 7 nitrogen and oxygen atoms in total. The predicted molar refractivity (Wildman–Crippen MR) is 69.3 cm³/mol. The standard InChI is InChI=1S/C12H19N5O2/c1-19-8-7-17(5-2-3-13)12(18)11-9-16(6-4-14)10-15-11/h9-10H,2,4-8,14H2,1H3. The molecule has 0 unspecified atom stereocenters. The molecule has 0 bridgehead atoms. The number of hydrogen-bond donors (Lipinski definition) is 1. The topological polar surface area (TPSA) is 97.2 Å². The zero-order valence-electron chi connectivity index (χ0n) is 11.1. The zero-order valence-corrected chi connectivity index (χ0v) is 11.1. The fraction of sp³-hybridized carbons (Fsp3) is 0.583. The van der Waals surface area contributed by atoms with Crippen LogP contribution in [-0.2, 0) is 11.3 Å². The molecule has 2 N–H and O–H groups in total. The number of hydrogen-bond acceptors (Lipinski definition) is 5. The van der Waals surface area contributed by atoms with Gasteiger partial charge in [-0.05, 0) is 0 Å². The second-order valence-electron chi connectivity index (χ2n) is 3.98. The van der Waals surface area contributed by atoms with Gasteiger partial charge in [0.25, 0.3) is 5.91 Å². The molecule has 0 aliphatic heterocycles. The summed E-state index contributed by atoms with van der Waals surface area (Å²) < 4.78 is 6.73. The fourth-order valence-electron chi connectivity index (χ4n) is 1.61. The van der Waals surface area contributed by atoms with Crippen molar-refractivity contribution in [3.05, 3.63) is 18.2 Å². The minimum Gasteiger partial charge on any atom is -0.383 e. The third kappa shape index (κ3) is 4.69. The number of carbonyl (C=O) groups is 1. The number of methoxy groups -OCH3 is 1. The highest BCUT2D eigenvalue weighted by Gasteiger charge is 2.17. The van der Waals surface area contributed by atoms with E-state index in [1.165, 1.54) is 0 Å². The molecule has 19 heavy (non-hydrogen) atoms. The maximum Gasteiger partial charge on any atom is 0.274 e. The zero-order chi connectivity index (χ0) is 14.1. The first-order chi connectivity index (χ1) is 9.22. The van der Waals surface area contributed by atoms with E-state index in [1.54, 1.807) is 29.1 Å². The highest BCUT2D eigenvalue weighted by molar-refractivity contribution is 5.92. The van der Waals surface area contributed by atoms with Crippen molar-refractivity contribution in [2.75, 3.05) is 33.4 Å². The summed E-state index contributed by atoms with van der Waals surface area (Å²) in [5.41, 5.74) is 5.80. The van der Waals surface area contributed by atoms with Gasteiger partial charge in [-0.3, -0.25) is 4.79 Å². The van der Waals surface area contributed by atoms with Crippen LogP contribution in [0.5, 0.6) is 0 Å².